The van der Waals surface area contributed by atoms with Gasteiger partial charge in [-0.2, -0.15) is 0 Å². The molecule has 100 valence electrons. The molecule has 19 heavy (non-hydrogen) atoms. The molecule has 0 atom stereocenters. The molecular weight excluding hydrogens is 289 g/mol. The maximum atomic E-state index is 11.6. The van der Waals surface area contributed by atoms with Crippen molar-refractivity contribution in [2.45, 2.75) is 13.8 Å². The summed E-state index contributed by atoms with van der Waals surface area (Å²) in [5.41, 5.74) is 0.984. The minimum absolute atomic E-state index is 0.0768. The Labute approximate surface area is 120 Å². The summed E-state index contributed by atoms with van der Waals surface area (Å²) in [5.74, 6) is -0.224. The second kappa shape index (κ2) is 5.63. The summed E-state index contributed by atoms with van der Waals surface area (Å²) >= 11 is 12.0. The van der Waals surface area contributed by atoms with Gasteiger partial charge in [-0.3, -0.25) is 0 Å². The first kappa shape index (κ1) is 13.9. The van der Waals surface area contributed by atoms with Gasteiger partial charge in [0, 0.05) is 0 Å². The first-order chi connectivity index (χ1) is 9.04. The molecule has 2 aromatic rings. The molecule has 4 nitrogen and oxygen atoms in total. The number of carbonyl (C=O) groups is 1. The molecule has 0 N–H and O–H groups in total. The highest BCUT2D eigenvalue weighted by molar-refractivity contribution is 6.43. The Morgan fingerprint density at radius 2 is 2.16 bits per heavy atom. The summed E-state index contributed by atoms with van der Waals surface area (Å²) in [6.07, 6.45) is 0. The maximum absolute atomic E-state index is 11.6. The zero-order valence-electron chi connectivity index (χ0n) is 10.4. The average molecular weight is 300 g/mol. The lowest BCUT2D eigenvalue weighted by Crippen LogP contribution is -2.04. The zero-order chi connectivity index (χ0) is 14.0. The zero-order valence-corrected chi connectivity index (χ0v) is 11.9. The average Bonchev–Trinajstić information content (AvgIpc) is 2.75. The molecule has 1 aromatic carbocycles. The lowest BCUT2D eigenvalue weighted by Gasteiger charge is -2.01. The molecule has 0 saturated carbocycles. The number of halogens is 2. The number of benzene rings is 1. The highest BCUT2D eigenvalue weighted by Crippen LogP contribution is 2.33. The lowest BCUT2D eigenvalue weighted by molar-refractivity contribution is 0.0490. The molecule has 1 heterocycles. The number of aromatic nitrogens is 1. The second-order valence-electron chi connectivity index (χ2n) is 3.76. The summed E-state index contributed by atoms with van der Waals surface area (Å²) in [4.78, 5) is 15.8. The number of rotatable bonds is 3. The maximum Gasteiger partial charge on any atom is 0.376 e. The van der Waals surface area contributed by atoms with E-state index in [-0.39, 0.29) is 18.3 Å². The van der Waals surface area contributed by atoms with Gasteiger partial charge in [-0.05, 0) is 26.0 Å². The number of esters is 1. The normalized spacial score (nSPS) is 10.5. The Balaban J connectivity index is 2.45. The Hall–Kier alpha value is -1.52. The molecule has 0 spiro atoms. The molecule has 0 aliphatic rings. The first-order valence-corrected chi connectivity index (χ1v) is 6.39. The van der Waals surface area contributed by atoms with Crippen molar-refractivity contribution in [1.82, 2.24) is 4.98 Å². The van der Waals surface area contributed by atoms with Crippen LogP contribution in [-0.4, -0.2) is 17.6 Å². The summed E-state index contributed by atoms with van der Waals surface area (Å²) in [5, 5.41) is 0.730. The fraction of sp³-hybridized carbons (Fsp3) is 0.231. The van der Waals surface area contributed by atoms with E-state index in [0.717, 1.165) is 0 Å². The molecule has 0 aliphatic carbocycles. The molecule has 2 rings (SSSR count). The monoisotopic (exact) mass is 299 g/mol. The van der Waals surface area contributed by atoms with E-state index >= 15 is 0 Å². The topological polar surface area (TPSA) is 52.3 Å². The highest BCUT2D eigenvalue weighted by atomic mass is 35.5. The smallest absolute Gasteiger partial charge is 0.376 e. The number of nitrogens with zero attached hydrogens (tertiary/aromatic N) is 1. The third kappa shape index (κ3) is 2.74. The SMILES string of the molecule is CCOC(=O)c1oc(-c2cccc(Cl)c2Cl)nc1C. The van der Waals surface area contributed by atoms with Crippen LogP contribution in [0.1, 0.15) is 23.2 Å². The van der Waals surface area contributed by atoms with Gasteiger partial charge >= 0.3 is 5.97 Å². The van der Waals surface area contributed by atoms with Crippen LogP contribution in [-0.2, 0) is 4.74 Å². The minimum atomic E-state index is -0.545. The number of hydrogen-bond acceptors (Lipinski definition) is 4. The van der Waals surface area contributed by atoms with Crippen molar-refractivity contribution in [3.05, 3.63) is 39.7 Å². The van der Waals surface area contributed by atoms with Gasteiger partial charge in [-0.25, -0.2) is 9.78 Å². The fourth-order valence-corrected chi connectivity index (χ4v) is 1.95. The van der Waals surface area contributed by atoms with E-state index in [1.807, 2.05) is 0 Å². The van der Waals surface area contributed by atoms with E-state index in [1.54, 1.807) is 32.0 Å². The highest BCUT2D eigenvalue weighted by Gasteiger charge is 2.21. The Kier molecular flexibility index (Phi) is 4.12. The fourth-order valence-electron chi connectivity index (χ4n) is 1.57. The van der Waals surface area contributed by atoms with Gasteiger partial charge in [-0.15, -0.1) is 0 Å². The van der Waals surface area contributed by atoms with Crippen molar-refractivity contribution in [3.63, 3.8) is 0 Å². The molecule has 0 amide bonds. The van der Waals surface area contributed by atoms with Crippen LogP contribution in [0.2, 0.25) is 10.0 Å². The van der Waals surface area contributed by atoms with Gasteiger partial charge < -0.3 is 9.15 Å². The molecule has 0 aliphatic heterocycles. The summed E-state index contributed by atoms with van der Waals surface area (Å²) in [6, 6.07) is 5.11. The predicted octanol–water partition coefficient (Wildman–Crippen LogP) is 4.13. The van der Waals surface area contributed by atoms with Crippen LogP contribution in [0.15, 0.2) is 22.6 Å². The van der Waals surface area contributed by atoms with E-state index in [0.29, 0.717) is 21.3 Å². The predicted molar refractivity (Wildman–Crippen MR) is 72.7 cm³/mol. The Morgan fingerprint density at radius 1 is 1.42 bits per heavy atom. The molecule has 0 fully saturated rings. The first-order valence-electron chi connectivity index (χ1n) is 5.63. The van der Waals surface area contributed by atoms with E-state index in [9.17, 15) is 4.79 Å². The van der Waals surface area contributed by atoms with Gasteiger partial charge in [0.15, 0.2) is 0 Å². The van der Waals surface area contributed by atoms with Crippen molar-refractivity contribution in [1.29, 1.82) is 0 Å². The largest absolute Gasteiger partial charge is 0.460 e. The lowest BCUT2D eigenvalue weighted by atomic mass is 10.2. The van der Waals surface area contributed by atoms with Crippen LogP contribution in [0.25, 0.3) is 11.5 Å². The van der Waals surface area contributed by atoms with Gasteiger partial charge in [0.25, 0.3) is 0 Å². The van der Waals surface area contributed by atoms with E-state index in [2.05, 4.69) is 4.98 Å². The number of oxazole rings is 1. The molecule has 0 saturated heterocycles. The minimum Gasteiger partial charge on any atom is -0.460 e. The van der Waals surface area contributed by atoms with Crippen molar-refractivity contribution < 1.29 is 13.9 Å². The van der Waals surface area contributed by atoms with E-state index < -0.39 is 5.97 Å². The van der Waals surface area contributed by atoms with Crippen LogP contribution >= 0.6 is 23.2 Å². The molecular formula is C13H11Cl2NO3. The third-order valence-electron chi connectivity index (χ3n) is 2.44. The van der Waals surface area contributed by atoms with Crippen LogP contribution in [0.4, 0.5) is 0 Å². The van der Waals surface area contributed by atoms with Crippen LogP contribution in [0.3, 0.4) is 0 Å². The second-order valence-corrected chi connectivity index (χ2v) is 4.54. The molecule has 1 aromatic heterocycles. The number of carbonyl (C=O) groups excluding carboxylic acids is 1. The summed E-state index contributed by atoms with van der Waals surface area (Å²) < 4.78 is 10.3. The van der Waals surface area contributed by atoms with Gasteiger partial charge in [0.2, 0.25) is 11.7 Å². The number of ether oxygens (including phenoxy) is 1. The standard InChI is InChI=1S/C13H11Cl2NO3/c1-3-18-13(17)11-7(2)16-12(19-11)8-5-4-6-9(14)10(8)15/h4-6H,3H2,1-2H3. The third-order valence-corrected chi connectivity index (χ3v) is 3.26. The molecule has 6 heteroatoms. The van der Waals surface area contributed by atoms with Crippen LogP contribution in [0, 0.1) is 6.92 Å². The van der Waals surface area contributed by atoms with Gasteiger partial charge in [0.1, 0.15) is 0 Å². The van der Waals surface area contributed by atoms with E-state index in [1.165, 1.54) is 0 Å². The molecule has 0 radical (unpaired) electrons. The Morgan fingerprint density at radius 3 is 2.84 bits per heavy atom. The van der Waals surface area contributed by atoms with Crippen molar-refractivity contribution in [2.24, 2.45) is 0 Å². The quantitative estimate of drug-likeness (QED) is 0.800. The molecule has 0 bridgehead atoms. The van der Waals surface area contributed by atoms with Gasteiger partial charge in [0.05, 0.1) is 27.9 Å². The van der Waals surface area contributed by atoms with Crippen molar-refractivity contribution in [3.8, 4) is 11.5 Å². The van der Waals surface area contributed by atoms with Gasteiger partial charge in [-0.1, -0.05) is 29.3 Å². The number of aryl methyl sites for hydroxylation is 1. The molecule has 0 unspecified atom stereocenters. The summed E-state index contributed by atoms with van der Waals surface area (Å²) in [7, 11) is 0. The number of hydrogen-bond donors (Lipinski definition) is 0. The van der Waals surface area contributed by atoms with Crippen molar-refractivity contribution >= 4 is 29.2 Å². The van der Waals surface area contributed by atoms with Crippen molar-refractivity contribution in [2.75, 3.05) is 6.61 Å². The van der Waals surface area contributed by atoms with Crippen LogP contribution < -0.4 is 0 Å². The van der Waals surface area contributed by atoms with Crippen LogP contribution in [0.5, 0.6) is 0 Å². The Bertz CT molecular complexity index is 622. The van der Waals surface area contributed by atoms with E-state index in [4.69, 9.17) is 32.4 Å². The summed E-state index contributed by atoms with van der Waals surface area (Å²) in [6.45, 7) is 3.66.